The molecular formula is C12H17NO. The van der Waals surface area contributed by atoms with E-state index < -0.39 is 0 Å². The van der Waals surface area contributed by atoms with Crippen molar-refractivity contribution in [2.24, 2.45) is 5.73 Å². The summed E-state index contributed by atoms with van der Waals surface area (Å²) in [6.07, 6.45) is 3.59. The van der Waals surface area contributed by atoms with Gasteiger partial charge in [0.2, 0.25) is 0 Å². The maximum atomic E-state index is 5.88. The van der Waals surface area contributed by atoms with Gasteiger partial charge < -0.3 is 10.5 Å². The Bertz CT molecular complexity index is 279. The lowest BCUT2D eigenvalue weighted by atomic mass is 10.0. The number of hydrogen-bond acceptors (Lipinski definition) is 2. The highest BCUT2D eigenvalue weighted by Crippen LogP contribution is 2.12. The molecule has 0 radical (unpaired) electrons. The third-order valence-corrected chi connectivity index (χ3v) is 2.13. The zero-order valence-electron chi connectivity index (χ0n) is 8.57. The first-order valence-electron chi connectivity index (χ1n) is 4.75. The van der Waals surface area contributed by atoms with Crippen molar-refractivity contribution < 1.29 is 4.74 Å². The normalized spacial score (nSPS) is 12.1. The van der Waals surface area contributed by atoms with Crippen LogP contribution in [-0.4, -0.2) is 13.2 Å². The van der Waals surface area contributed by atoms with Gasteiger partial charge in [0, 0.05) is 6.04 Å². The molecule has 0 heterocycles. The first-order valence-corrected chi connectivity index (χ1v) is 4.75. The van der Waals surface area contributed by atoms with Crippen LogP contribution in [0.3, 0.4) is 0 Å². The predicted molar refractivity (Wildman–Crippen MR) is 59.5 cm³/mol. The van der Waals surface area contributed by atoms with Crippen molar-refractivity contribution in [1.29, 1.82) is 0 Å². The smallest absolute Gasteiger partial charge is 0.118 e. The molecule has 0 aromatic heterocycles. The lowest BCUT2D eigenvalue weighted by molar-refractivity contribution is 0.414. The van der Waals surface area contributed by atoms with Crippen LogP contribution in [0.25, 0.3) is 0 Å². The largest absolute Gasteiger partial charge is 0.497 e. The lowest BCUT2D eigenvalue weighted by Gasteiger charge is -2.09. The number of ether oxygens (including phenoxy) is 1. The summed E-state index contributed by atoms with van der Waals surface area (Å²) in [5.74, 6) is 0.881. The first-order chi connectivity index (χ1) is 6.76. The second-order valence-electron chi connectivity index (χ2n) is 3.34. The molecule has 1 atom stereocenters. The van der Waals surface area contributed by atoms with E-state index in [0.717, 1.165) is 18.6 Å². The molecule has 0 amide bonds. The van der Waals surface area contributed by atoms with Crippen LogP contribution >= 0.6 is 0 Å². The number of methoxy groups -OCH3 is 1. The summed E-state index contributed by atoms with van der Waals surface area (Å²) in [7, 11) is 1.67. The summed E-state index contributed by atoms with van der Waals surface area (Å²) < 4.78 is 5.07. The lowest BCUT2D eigenvalue weighted by Crippen LogP contribution is -2.21. The molecule has 2 N–H and O–H groups in total. The molecule has 1 rings (SSSR count). The third-order valence-electron chi connectivity index (χ3n) is 2.13. The van der Waals surface area contributed by atoms with Crippen LogP contribution in [0.2, 0.25) is 0 Å². The van der Waals surface area contributed by atoms with Crippen LogP contribution in [0.4, 0.5) is 0 Å². The fourth-order valence-electron chi connectivity index (χ4n) is 1.36. The SMILES string of the molecule is C=CCC(N)Cc1ccc(OC)cc1. The Labute approximate surface area is 85.4 Å². The summed E-state index contributed by atoms with van der Waals surface area (Å²) in [5, 5.41) is 0. The molecular weight excluding hydrogens is 174 g/mol. The van der Waals surface area contributed by atoms with E-state index in [9.17, 15) is 0 Å². The van der Waals surface area contributed by atoms with E-state index >= 15 is 0 Å². The molecule has 1 aromatic carbocycles. The van der Waals surface area contributed by atoms with Crippen LogP contribution in [0.15, 0.2) is 36.9 Å². The summed E-state index contributed by atoms with van der Waals surface area (Å²) in [6.45, 7) is 3.67. The van der Waals surface area contributed by atoms with Crippen molar-refractivity contribution >= 4 is 0 Å². The first kappa shape index (κ1) is 10.8. The van der Waals surface area contributed by atoms with Crippen LogP contribution in [0, 0.1) is 0 Å². The Morgan fingerprint density at radius 3 is 2.57 bits per heavy atom. The fraction of sp³-hybridized carbons (Fsp3) is 0.333. The Morgan fingerprint density at radius 2 is 2.07 bits per heavy atom. The van der Waals surface area contributed by atoms with Gasteiger partial charge in [-0.2, -0.15) is 0 Å². The summed E-state index contributed by atoms with van der Waals surface area (Å²) in [6, 6.07) is 8.16. The van der Waals surface area contributed by atoms with Gasteiger partial charge in [0.1, 0.15) is 5.75 Å². The Balaban J connectivity index is 2.54. The van der Waals surface area contributed by atoms with Gasteiger partial charge in [0.05, 0.1) is 7.11 Å². The van der Waals surface area contributed by atoms with Crippen LogP contribution in [0.1, 0.15) is 12.0 Å². The second kappa shape index (κ2) is 5.45. The van der Waals surface area contributed by atoms with E-state index in [-0.39, 0.29) is 6.04 Å². The van der Waals surface area contributed by atoms with E-state index in [1.807, 2.05) is 30.3 Å². The number of hydrogen-bond donors (Lipinski definition) is 1. The fourth-order valence-corrected chi connectivity index (χ4v) is 1.36. The van der Waals surface area contributed by atoms with Crippen molar-refractivity contribution in [3.05, 3.63) is 42.5 Å². The molecule has 2 nitrogen and oxygen atoms in total. The van der Waals surface area contributed by atoms with E-state index in [0.29, 0.717) is 0 Å². The predicted octanol–water partition coefficient (Wildman–Crippen LogP) is 2.14. The molecule has 0 aliphatic rings. The number of benzene rings is 1. The Morgan fingerprint density at radius 1 is 1.43 bits per heavy atom. The van der Waals surface area contributed by atoms with Gasteiger partial charge in [-0.15, -0.1) is 6.58 Å². The van der Waals surface area contributed by atoms with E-state index in [2.05, 4.69) is 6.58 Å². The molecule has 0 saturated carbocycles. The third kappa shape index (κ3) is 3.23. The summed E-state index contributed by atoms with van der Waals surface area (Å²) >= 11 is 0. The highest BCUT2D eigenvalue weighted by Gasteiger charge is 2.01. The number of nitrogens with two attached hydrogens (primary N) is 1. The quantitative estimate of drug-likeness (QED) is 0.724. The zero-order chi connectivity index (χ0) is 10.4. The molecule has 0 saturated heterocycles. The standard InChI is InChI=1S/C12H17NO/c1-3-4-11(13)9-10-5-7-12(14-2)8-6-10/h3,5-8,11H,1,4,9,13H2,2H3. The monoisotopic (exact) mass is 191 g/mol. The van der Waals surface area contributed by atoms with Gasteiger partial charge in [-0.05, 0) is 30.5 Å². The average Bonchev–Trinajstić information content (AvgIpc) is 2.19. The molecule has 0 bridgehead atoms. The van der Waals surface area contributed by atoms with Crippen molar-refractivity contribution in [2.45, 2.75) is 18.9 Å². The molecule has 0 aliphatic carbocycles. The minimum Gasteiger partial charge on any atom is -0.497 e. The van der Waals surface area contributed by atoms with Gasteiger partial charge in [-0.25, -0.2) is 0 Å². The molecule has 1 aromatic rings. The van der Waals surface area contributed by atoms with Gasteiger partial charge in [0.25, 0.3) is 0 Å². The van der Waals surface area contributed by atoms with Crippen molar-refractivity contribution in [3.63, 3.8) is 0 Å². The van der Waals surface area contributed by atoms with Crippen LogP contribution in [0.5, 0.6) is 5.75 Å². The minimum atomic E-state index is 0.167. The highest BCUT2D eigenvalue weighted by atomic mass is 16.5. The highest BCUT2D eigenvalue weighted by molar-refractivity contribution is 5.27. The topological polar surface area (TPSA) is 35.2 Å². The van der Waals surface area contributed by atoms with Crippen LogP contribution < -0.4 is 10.5 Å². The molecule has 0 fully saturated rings. The van der Waals surface area contributed by atoms with Gasteiger partial charge in [0.15, 0.2) is 0 Å². The maximum Gasteiger partial charge on any atom is 0.118 e. The summed E-state index contributed by atoms with van der Waals surface area (Å²) in [4.78, 5) is 0. The van der Waals surface area contributed by atoms with Gasteiger partial charge >= 0.3 is 0 Å². The molecule has 0 spiro atoms. The van der Waals surface area contributed by atoms with Crippen molar-refractivity contribution in [3.8, 4) is 5.75 Å². The minimum absolute atomic E-state index is 0.167. The number of rotatable bonds is 5. The maximum absolute atomic E-state index is 5.88. The summed E-state index contributed by atoms with van der Waals surface area (Å²) in [5.41, 5.74) is 7.12. The van der Waals surface area contributed by atoms with E-state index in [4.69, 9.17) is 10.5 Å². The molecule has 0 aliphatic heterocycles. The van der Waals surface area contributed by atoms with Crippen LogP contribution in [-0.2, 0) is 6.42 Å². The molecule has 76 valence electrons. The Kier molecular flexibility index (Phi) is 4.20. The second-order valence-corrected chi connectivity index (χ2v) is 3.34. The van der Waals surface area contributed by atoms with Gasteiger partial charge in [-0.1, -0.05) is 18.2 Å². The van der Waals surface area contributed by atoms with Crippen molar-refractivity contribution in [2.75, 3.05) is 7.11 Å². The zero-order valence-corrected chi connectivity index (χ0v) is 8.57. The van der Waals surface area contributed by atoms with Crippen molar-refractivity contribution in [1.82, 2.24) is 0 Å². The van der Waals surface area contributed by atoms with Gasteiger partial charge in [-0.3, -0.25) is 0 Å². The molecule has 1 unspecified atom stereocenters. The molecule has 14 heavy (non-hydrogen) atoms. The molecule has 2 heteroatoms. The Hall–Kier alpha value is -1.28. The average molecular weight is 191 g/mol. The van der Waals surface area contributed by atoms with E-state index in [1.54, 1.807) is 7.11 Å². The van der Waals surface area contributed by atoms with E-state index in [1.165, 1.54) is 5.56 Å².